The third-order valence-electron chi connectivity index (χ3n) is 3.33. The van der Waals surface area contributed by atoms with Crippen molar-refractivity contribution in [2.75, 3.05) is 13.2 Å². The highest BCUT2D eigenvalue weighted by Gasteiger charge is 2.32. The summed E-state index contributed by atoms with van der Waals surface area (Å²) in [4.78, 5) is 11.0. The second kappa shape index (κ2) is 6.46. The van der Waals surface area contributed by atoms with E-state index in [2.05, 4.69) is 15.9 Å². The third-order valence-corrected chi connectivity index (χ3v) is 5.52. The molecule has 1 atom stereocenters. The van der Waals surface area contributed by atoms with Gasteiger partial charge in [-0.2, -0.15) is 0 Å². The number of hydrogen-bond donors (Lipinski definition) is 2. The van der Waals surface area contributed by atoms with Crippen molar-refractivity contribution in [2.24, 2.45) is 5.73 Å². The van der Waals surface area contributed by atoms with Gasteiger partial charge >= 0.3 is 5.97 Å². The molecule has 0 saturated heterocycles. The molecule has 0 aromatic heterocycles. The summed E-state index contributed by atoms with van der Waals surface area (Å²) in [5, 5.41) is 9.04. The summed E-state index contributed by atoms with van der Waals surface area (Å²) < 4.78 is 11.4. The minimum absolute atomic E-state index is 0.538. The van der Waals surface area contributed by atoms with Crippen LogP contribution < -0.4 is 15.2 Å². The Balaban J connectivity index is 2.11. The first-order chi connectivity index (χ1) is 9.81. The number of aliphatic carboxylic acids is 1. The molecule has 0 spiro atoms. The molecular formula is C14H18BrNO4S. The van der Waals surface area contributed by atoms with Gasteiger partial charge in [0, 0.05) is 15.0 Å². The van der Waals surface area contributed by atoms with Crippen molar-refractivity contribution in [1.29, 1.82) is 0 Å². The Labute approximate surface area is 136 Å². The van der Waals surface area contributed by atoms with E-state index >= 15 is 0 Å². The number of carbonyl (C=O) groups is 1. The molecule has 2 rings (SSSR count). The molecular weight excluding hydrogens is 358 g/mol. The van der Waals surface area contributed by atoms with Crippen LogP contribution in [0.1, 0.15) is 19.4 Å². The van der Waals surface area contributed by atoms with Gasteiger partial charge in [0.1, 0.15) is 19.3 Å². The topological polar surface area (TPSA) is 81.8 Å². The number of fused-ring (bicyclic) bond motifs is 1. The van der Waals surface area contributed by atoms with E-state index < -0.39 is 16.8 Å². The van der Waals surface area contributed by atoms with E-state index in [0.717, 1.165) is 21.5 Å². The molecule has 7 heteroatoms. The number of ether oxygens (including phenoxy) is 2. The van der Waals surface area contributed by atoms with E-state index in [4.69, 9.17) is 20.3 Å². The molecule has 1 aromatic rings. The largest absolute Gasteiger partial charge is 0.486 e. The first-order valence-electron chi connectivity index (χ1n) is 6.51. The molecule has 0 unspecified atom stereocenters. The van der Waals surface area contributed by atoms with Crippen molar-refractivity contribution in [3.8, 4) is 11.5 Å². The fourth-order valence-electron chi connectivity index (χ4n) is 1.87. The summed E-state index contributed by atoms with van der Waals surface area (Å²) in [7, 11) is 0. The normalized spacial score (nSPS) is 15.6. The lowest BCUT2D eigenvalue weighted by molar-refractivity contribution is -0.139. The average molecular weight is 376 g/mol. The molecule has 116 valence electrons. The van der Waals surface area contributed by atoms with Crippen molar-refractivity contribution in [3.05, 3.63) is 22.2 Å². The first kappa shape index (κ1) is 16.5. The van der Waals surface area contributed by atoms with Crippen molar-refractivity contribution in [1.82, 2.24) is 0 Å². The number of halogens is 1. The van der Waals surface area contributed by atoms with Crippen molar-refractivity contribution in [2.45, 2.75) is 30.4 Å². The zero-order valence-corrected chi connectivity index (χ0v) is 14.3. The zero-order chi connectivity index (χ0) is 15.6. The van der Waals surface area contributed by atoms with Gasteiger partial charge in [-0.1, -0.05) is 15.9 Å². The van der Waals surface area contributed by atoms with E-state index in [9.17, 15) is 4.79 Å². The molecule has 0 radical (unpaired) electrons. The van der Waals surface area contributed by atoms with Crippen molar-refractivity contribution < 1.29 is 19.4 Å². The van der Waals surface area contributed by atoms with Gasteiger partial charge in [-0.3, -0.25) is 4.79 Å². The monoisotopic (exact) mass is 375 g/mol. The van der Waals surface area contributed by atoms with Crippen molar-refractivity contribution >= 4 is 33.7 Å². The Bertz CT molecular complexity index is 550. The Hall–Kier alpha value is -0.920. The zero-order valence-electron chi connectivity index (χ0n) is 11.9. The van der Waals surface area contributed by atoms with Crippen molar-refractivity contribution in [3.63, 3.8) is 0 Å². The summed E-state index contributed by atoms with van der Waals surface area (Å²) in [5.74, 6) is 1.09. The quantitative estimate of drug-likeness (QED) is 0.822. The van der Waals surface area contributed by atoms with Crippen LogP contribution in [0.3, 0.4) is 0 Å². The lowest BCUT2D eigenvalue weighted by Gasteiger charge is -2.28. The predicted octanol–water partition coefficient (Wildman–Crippen LogP) is 2.64. The van der Waals surface area contributed by atoms with Crippen LogP contribution in [0.4, 0.5) is 0 Å². The van der Waals surface area contributed by atoms with E-state index in [1.54, 1.807) is 0 Å². The van der Waals surface area contributed by atoms with Crippen LogP contribution in [-0.2, 0) is 10.5 Å². The molecule has 0 aliphatic carbocycles. The summed E-state index contributed by atoms with van der Waals surface area (Å²) in [5.41, 5.74) is 6.75. The van der Waals surface area contributed by atoms with Gasteiger partial charge in [-0.05, 0) is 31.5 Å². The Morgan fingerprint density at radius 3 is 2.57 bits per heavy atom. The predicted molar refractivity (Wildman–Crippen MR) is 86.1 cm³/mol. The van der Waals surface area contributed by atoms with Gasteiger partial charge < -0.3 is 20.3 Å². The van der Waals surface area contributed by atoms with Gasteiger partial charge in [-0.25, -0.2) is 0 Å². The lowest BCUT2D eigenvalue weighted by atomic mass is 10.1. The molecule has 5 nitrogen and oxygen atoms in total. The SMILES string of the molecule is CC(C)(SCc1cc2c(cc1Br)OCCO2)[C@H](N)C(=O)O. The molecule has 1 aliphatic heterocycles. The number of rotatable bonds is 5. The van der Waals surface area contributed by atoms with E-state index in [0.29, 0.717) is 19.0 Å². The molecule has 0 saturated carbocycles. The maximum absolute atomic E-state index is 11.0. The van der Waals surface area contributed by atoms with E-state index in [-0.39, 0.29) is 0 Å². The highest BCUT2D eigenvalue weighted by atomic mass is 79.9. The third kappa shape index (κ3) is 3.84. The van der Waals surface area contributed by atoms with Crippen LogP contribution in [0.5, 0.6) is 11.5 Å². The van der Waals surface area contributed by atoms with Crippen LogP contribution in [0.15, 0.2) is 16.6 Å². The Kier molecular flexibility index (Phi) is 5.06. The molecule has 21 heavy (non-hydrogen) atoms. The molecule has 1 aromatic carbocycles. The highest BCUT2D eigenvalue weighted by molar-refractivity contribution is 9.10. The lowest BCUT2D eigenvalue weighted by Crippen LogP contribution is -2.46. The van der Waals surface area contributed by atoms with Gasteiger partial charge in [0.2, 0.25) is 0 Å². The van der Waals surface area contributed by atoms with Crippen LogP contribution in [0.2, 0.25) is 0 Å². The fourth-order valence-corrected chi connectivity index (χ4v) is 3.56. The number of carboxylic acids is 1. The number of hydrogen-bond acceptors (Lipinski definition) is 5. The molecule has 1 heterocycles. The second-order valence-corrected chi connectivity index (χ2v) is 7.78. The number of thioether (sulfide) groups is 1. The van der Waals surface area contributed by atoms with Gasteiger partial charge in [0.05, 0.1) is 0 Å². The number of benzene rings is 1. The van der Waals surface area contributed by atoms with Crippen LogP contribution in [0, 0.1) is 0 Å². The molecule has 0 bridgehead atoms. The standard InChI is InChI=1S/C14H18BrNO4S/c1-14(2,12(16)13(17)18)21-7-8-5-10-11(6-9(8)15)20-4-3-19-10/h5-6,12H,3-4,7,16H2,1-2H3,(H,17,18)/t12-/m1/s1. The maximum Gasteiger partial charge on any atom is 0.321 e. The van der Waals surface area contributed by atoms with Gasteiger partial charge in [-0.15, -0.1) is 11.8 Å². The Morgan fingerprint density at radius 1 is 1.43 bits per heavy atom. The first-order valence-corrected chi connectivity index (χ1v) is 8.29. The fraction of sp³-hybridized carbons (Fsp3) is 0.500. The average Bonchev–Trinajstić information content (AvgIpc) is 2.44. The summed E-state index contributed by atoms with van der Waals surface area (Å²) in [6.07, 6.45) is 0. The van der Waals surface area contributed by atoms with Crippen LogP contribution in [-0.4, -0.2) is 35.1 Å². The van der Waals surface area contributed by atoms with E-state index in [1.165, 1.54) is 11.8 Å². The highest BCUT2D eigenvalue weighted by Crippen LogP contribution is 2.39. The molecule has 0 fully saturated rings. The maximum atomic E-state index is 11.0. The number of nitrogens with two attached hydrogens (primary N) is 1. The van der Waals surface area contributed by atoms with Crippen LogP contribution >= 0.6 is 27.7 Å². The summed E-state index contributed by atoms with van der Waals surface area (Å²) >= 11 is 5.01. The summed E-state index contributed by atoms with van der Waals surface area (Å²) in [6, 6.07) is 2.89. The second-order valence-electron chi connectivity index (χ2n) is 5.30. The van der Waals surface area contributed by atoms with Gasteiger partial charge in [0.25, 0.3) is 0 Å². The summed E-state index contributed by atoms with van der Waals surface area (Å²) in [6.45, 7) is 4.76. The van der Waals surface area contributed by atoms with E-state index in [1.807, 2.05) is 26.0 Å². The smallest absolute Gasteiger partial charge is 0.321 e. The van der Waals surface area contributed by atoms with Crippen LogP contribution in [0.25, 0.3) is 0 Å². The number of carboxylic acid groups (broad SMARTS) is 1. The molecule has 1 aliphatic rings. The van der Waals surface area contributed by atoms with Gasteiger partial charge in [0.15, 0.2) is 11.5 Å². The Morgan fingerprint density at radius 2 is 2.00 bits per heavy atom. The molecule has 0 amide bonds. The minimum Gasteiger partial charge on any atom is -0.486 e. The minimum atomic E-state index is -0.992. The molecule has 3 N–H and O–H groups in total.